The molecule has 0 saturated carbocycles. The Labute approximate surface area is 852 Å². The van der Waals surface area contributed by atoms with Crippen LogP contribution in [0.3, 0.4) is 0 Å². The average Bonchev–Trinajstić information content (AvgIpc) is 0.785. The number of aryl methyl sites for hydroxylation is 4. The summed E-state index contributed by atoms with van der Waals surface area (Å²) in [6.45, 7) is 48.3. The van der Waals surface area contributed by atoms with Crippen LogP contribution in [0, 0.1) is 27.7 Å². The third-order valence-electron chi connectivity index (χ3n) is 22.2. The van der Waals surface area contributed by atoms with Crippen molar-refractivity contribution in [3.63, 3.8) is 0 Å². The Morgan fingerprint density at radius 1 is 0.137 bits per heavy atom. The molecule has 18 rings (SSSR count). The molecule has 0 fully saturated rings. The van der Waals surface area contributed by atoms with Gasteiger partial charge in [0.05, 0.1) is 137 Å². The van der Waals surface area contributed by atoms with Crippen LogP contribution >= 0.6 is 0 Å². The van der Waals surface area contributed by atoms with Gasteiger partial charge in [0.2, 0.25) is 0 Å². The standard InChI is InChI=1S/2C27H35N3.4C16H13N3.3Co/c2*1-25(2,3)18-10-12-28-21(14-18)23-16-20(27(7,8)9)17-24(30-23)22-15-19(11-13-29-22)26(4,5)6;4*1-12-10-15(13-6-2-4-8-17-13)19-16(11-12)14-7-3-5-9-18-14;;;/h2*10-17H,1-9H3;4*2-11H,1H3;;;/q;;;;;;2*+2;+3. The summed E-state index contributed by atoms with van der Waals surface area (Å²) in [5.41, 5.74) is 33.5. The first-order chi connectivity index (χ1) is 64.8. The van der Waals surface area contributed by atoms with Crippen LogP contribution in [-0.2, 0) is 82.8 Å². The van der Waals surface area contributed by atoms with E-state index in [1.165, 1.54) is 33.4 Å². The van der Waals surface area contributed by atoms with Gasteiger partial charge in [-0.2, -0.15) is 0 Å². The molecule has 18 nitrogen and oxygen atoms in total. The van der Waals surface area contributed by atoms with Gasteiger partial charge in [0, 0.05) is 74.4 Å². The van der Waals surface area contributed by atoms with Crippen molar-refractivity contribution in [2.24, 2.45) is 0 Å². The van der Waals surface area contributed by atoms with Crippen LogP contribution in [0.15, 0.2) is 341 Å². The van der Waals surface area contributed by atoms with Gasteiger partial charge in [-0.25, -0.2) is 29.9 Å². The van der Waals surface area contributed by atoms with E-state index in [1.807, 2.05) is 219 Å². The normalized spacial score (nSPS) is 11.2. The summed E-state index contributed by atoms with van der Waals surface area (Å²) < 4.78 is 0. The van der Waals surface area contributed by atoms with Gasteiger partial charge in [0.1, 0.15) is 0 Å². The topological polar surface area (TPSA) is 232 Å². The van der Waals surface area contributed by atoms with Crippen molar-refractivity contribution in [1.29, 1.82) is 0 Å². The Bertz CT molecular complexity index is 5940. The third kappa shape index (κ3) is 30.6. The molecule has 18 aromatic heterocycles. The predicted molar refractivity (Wildman–Crippen MR) is 555 cm³/mol. The molecule has 0 aliphatic rings. The van der Waals surface area contributed by atoms with E-state index < -0.39 is 0 Å². The molecule has 0 aliphatic heterocycles. The summed E-state index contributed by atoms with van der Waals surface area (Å²) in [6, 6.07) is 88.6. The second-order valence-corrected chi connectivity index (χ2v) is 39.9. The zero-order valence-electron chi connectivity index (χ0n) is 83.4. The fourth-order valence-corrected chi connectivity index (χ4v) is 14.4. The Balaban J connectivity index is 0.000000173. The van der Waals surface area contributed by atoms with Gasteiger partial charge in [-0.3, -0.25) is 59.8 Å². The zero-order chi connectivity index (χ0) is 97.0. The van der Waals surface area contributed by atoms with Gasteiger partial charge in [-0.1, -0.05) is 173 Å². The Morgan fingerprint density at radius 3 is 0.381 bits per heavy atom. The molecule has 139 heavy (non-hydrogen) atoms. The van der Waals surface area contributed by atoms with E-state index in [2.05, 4.69) is 305 Å². The molecule has 21 heteroatoms. The number of hydrogen-bond donors (Lipinski definition) is 0. The van der Waals surface area contributed by atoms with Crippen LogP contribution in [0.25, 0.3) is 137 Å². The van der Waals surface area contributed by atoms with Crippen molar-refractivity contribution in [2.75, 3.05) is 0 Å². The average molecular weight is 1970 g/mol. The quantitative estimate of drug-likeness (QED) is 0.111. The molecule has 18 heterocycles. The minimum absolute atomic E-state index is 0. The number of nitrogens with zero attached hydrogens (tertiary/aromatic N) is 18. The largest absolute Gasteiger partial charge is 3.00 e. The van der Waals surface area contributed by atoms with Crippen LogP contribution in [0.5, 0.6) is 0 Å². The van der Waals surface area contributed by atoms with E-state index in [0.717, 1.165) is 159 Å². The minimum atomic E-state index is -0.00425. The van der Waals surface area contributed by atoms with Gasteiger partial charge < -0.3 is 0 Å². The van der Waals surface area contributed by atoms with Crippen molar-refractivity contribution in [3.8, 4) is 137 Å². The molecule has 0 amide bonds. The van der Waals surface area contributed by atoms with Gasteiger partial charge in [0.25, 0.3) is 0 Å². The molecule has 2 radical (unpaired) electrons. The maximum Gasteiger partial charge on any atom is 3.00 e. The van der Waals surface area contributed by atoms with Gasteiger partial charge in [-0.15, -0.1) is 0 Å². The van der Waals surface area contributed by atoms with Gasteiger partial charge in [-0.05, 0) is 334 Å². The molecule has 0 unspecified atom stereocenters. The van der Waals surface area contributed by atoms with Crippen LogP contribution in [0.4, 0.5) is 0 Å². The first-order valence-electron chi connectivity index (χ1n) is 46.0. The molecule has 0 N–H and O–H groups in total. The molecule has 704 valence electrons. The summed E-state index contributed by atoms with van der Waals surface area (Å²) in [4.78, 5) is 82.0. The second kappa shape index (κ2) is 48.0. The van der Waals surface area contributed by atoms with Crippen LogP contribution in [0.1, 0.15) is 180 Å². The summed E-state index contributed by atoms with van der Waals surface area (Å²) in [5, 5.41) is 0. The number of pyridine rings is 18. The molecule has 0 bridgehead atoms. The SMILES string of the molecule is CC(C)(C)c1ccnc(-c2cc(C(C)(C)C)cc(-c3cc(C(C)(C)C)ccn3)n2)c1.CC(C)(C)c1ccnc(-c2cc(C(C)(C)C)cc(-c3cc(C(C)(C)C)ccn3)n2)c1.Cc1cc(-c2ccccn2)nc(-c2ccccn2)c1.Cc1cc(-c2ccccn2)nc(-c2ccccn2)c1.Cc1cc(-c2ccccn2)nc(-c2ccccn2)c1.Cc1cc(-c2ccccn2)nc(-c2ccccn2)c1.[Co+2].[Co+2].[Co+3]. The Kier molecular flexibility index (Phi) is 37.0. The van der Waals surface area contributed by atoms with Crippen LogP contribution < -0.4 is 0 Å². The van der Waals surface area contributed by atoms with E-state index in [0.29, 0.717) is 0 Å². The van der Waals surface area contributed by atoms with E-state index in [4.69, 9.17) is 9.97 Å². The fourth-order valence-electron chi connectivity index (χ4n) is 14.4. The molecule has 18 aromatic rings. The van der Waals surface area contributed by atoms with E-state index in [-0.39, 0.29) is 82.8 Å². The maximum absolute atomic E-state index is 5.01. The zero-order valence-corrected chi connectivity index (χ0v) is 86.5. The number of hydrogen-bond acceptors (Lipinski definition) is 18. The van der Waals surface area contributed by atoms with E-state index >= 15 is 0 Å². The molecule has 0 saturated heterocycles. The summed E-state index contributed by atoms with van der Waals surface area (Å²) in [5.74, 6) is 0. The van der Waals surface area contributed by atoms with Crippen molar-refractivity contribution in [1.82, 2.24) is 89.7 Å². The summed E-state index contributed by atoms with van der Waals surface area (Å²) in [7, 11) is 0. The Morgan fingerprint density at radius 2 is 0.259 bits per heavy atom. The molecule has 0 atom stereocenters. The summed E-state index contributed by atoms with van der Waals surface area (Å²) >= 11 is 0. The van der Waals surface area contributed by atoms with Crippen molar-refractivity contribution in [3.05, 3.63) is 397 Å². The molecule has 0 aromatic carbocycles. The molecule has 0 spiro atoms. The summed E-state index contributed by atoms with van der Waals surface area (Å²) in [6.07, 6.45) is 21.8. The first kappa shape index (κ1) is 107. The predicted octanol–water partition coefficient (Wildman–Crippen LogP) is 28.2. The number of aromatic nitrogens is 18. The van der Waals surface area contributed by atoms with Crippen LogP contribution in [-0.4, -0.2) is 89.7 Å². The van der Waals surface area contributed by atoms with Crippen molar-refractivity contribution in [2.45, 2.75) is 185 Å². The van der Waals surface area contributed by atoms with Crippen molar-refractivity contribution < 1.29 is 50.3 Å². The molecular formula is C118H122Co3N18+7. The van der Waals surface area contributed by atoms with Crippen LogP contribution in [0.2, 0.25) is 0 Å². The van der Waals surface area contributed by atoms with Gasteiger partial charge >= 0.3 is 50.3 Å². The monoisotopic (exact) mass is 1970 g/mol. The second-order valence-electron chi connectivity index (χ2n) is 39.9. The smallest absolute Gasteiger partial charge is 0.255 e. The number of rotatable bonds is 12. The fraction of sp³-hybridized carbons (Fsp3) is 0.237. The Hall–Kier alpha value is -13.8. The third-order valence-corrected chi connectivity index (χ3v) is 22.2. The minimum Gasteiger partial charge on any atom is -0.255 e. The maximum atomic E-state index is 5.01. The van der Waals surface area contributed by atoms with Crippen molar-refractivity contribution >= 4 is 0 Å². The molecular weight excluding hydrogens is 1850 g/mol. The van der Waals surface area contributed by atoms with Gasteiger partial charge in [0.15, 0.2) is 0 Å². The molecule has 0 aliphatic carbocycles. The first-order valence-corrected chi connectivity index (χ1v) is 46.0. The van der Waals surface area contributed by atoms with E-state index in [1.54, 1.807) is 49.6 Å². The van der Waals surface area contributed by atoms with E-state index in [9.17, 15) is 0 Å².